The van der Waals surface area contributed by atoms with E-state index in [1.54, 1.807) is 7.11 Å². The molecule has 1 aromatic heterocycles. The van der Waals surface area contributed by atoms with Crippen LogP contribution in [-0.2, 0) is 6.42 Å². The highest BCUT2D eigenvalue weighted by Crippen LogP contribution is 2.17. The number of ether oxygens (including phenoxy) is 1. The highest BCUT2D eigenvalue weighted by atomic mass is 32.1. The van der Waals surface area contributed by atoms with Gasteiger partial charge in [0.05, 0.1) is 7.11 Å². The number of anilines is 1. The summed E-state index contributed by atoms with van der Waals surface area (Å²) in [6, 6.07) is 8.19. The molecule has 2 atom stereocenters. The third-order valence-electron chi connectivity index (χ3n) is 3.13. The number of nitrogens with two attached hydrogens (primary N) is 1. The van der Waals surface area contributed by atoms with Gasteiger partial charge in [-0.25, -0.2) is 4.98 Å². The number of hydrogen-bond acceptors (Lipinski definition) is 6. The van der Waals surface area contributed by atoms with Crippen molar-refractivity contribution in [3.8, 4) is 5.75 Å². The monoisotopic (exact) mass is 292 g/mol. The normalized spacial score (nSPS) is 13.8. The van der Waals surface area contributed by atoms with Crippen LogP contribution in [-0.4, -0.2) is 28.6 Å². The van der Waals surface area contributed by atoms with Crippen LogP contribution >= 0.6 is 11.5 Å². The van der Waals surface area contributed by atoms with E-state index in [1.807, 2.05) is 38.1 Å². The molecule has 1 heterocycles. The molecule has 0 aliphatic rings. The van der Waals surface area contributed by atoms with Crippen molar-refractivity contribution in [3.05, 3.63) is 35.7 Å². The van der Waals surface area contributed by atoms with Crippen molar-refractivity contribution in [2.24, 2.45) is 5.73 Å². The number of methoxy groups -OCH3 is 1. The van der Waals surface area contributed by atoms with Crippen LogP contribution in [0.1, 0.15) is 25.2 Å². The fourth-order valence-corrected chi connectivity index (χ4v) is 2.32. The maximum Gasteiger partial charge on any atom is 0.202 e. The minimum Gasteiger partial charge on any atom is -0.497 e. The lowest BCUT2D eigenvalue weighted by atomic mass is 10.1. The number of nitrogens with zero attached hydrogens (tertiary/aromatic N) is 2. The molecule has 0 amide bonds. The summed E-state index contributed by atoms with van der Waals surface area (Å²) < 4.78 is 9.50. The summed E-state index contributed by atoms with van der Waals surface area (Å²) in [4.78, 5) is 4.48. The molecule has 6 heteroatoms. The molecule has 0 spiro atoms. The van der Waals surface area contributed by atoms with Gasteiger partial charge in [-0.3, -0.25) is 0 Å². The van der Waals surface area contributed by atoms with Crippen molar-refractivity contribution in [3.63, 3.8) is 0 Å². The number of hydrogen-bond donors (Lipinski definition) is 2. The predicted molar refractivity (Wildman–Crippen MR) is 82.4 cm³/mol. The molecule has 20 heavy (non-hydrogen) atoms. The lowest BCUT2D eigenvalue weighted by Crippen LogP contribution is -2.35. The maximum absolute atomic E-state index is 5.82. The topological polar surface area (TPSA) is 73.1 Å². The lowest BCUT2D eigenvalue weighted by Gasteiger charge is -2.15. The molecule has 1 aromatic carbocycles. The van der Waals surface area contributed by atoms with Crippen molar-refractivity contribution < 1.29 is 4.74 Å². The van der Waals surface area contributed by atoms with Crippen molar-refractivity contribution >= 4 is 16.7 Å². The number of rotatable bonds is 6. The Kier molecular flexibility index (Phi) is 4.92. The third kappa shape index (κ3) is 3.91. The van der Waals surface area contributed by atoms with Crippen LogP contribution < -0.4 is 15.8 Å². The molecule has 5 nitrogen and oxygen atoms in total. The second-order valence-corrected chi connectivity index (χ2v) is 5.58. The Balaban J connectivity index is 1.98. The average Bonchev–Trinajstić information content (AvgIpc) is 2.86. The third-order valence-corrected chi connectivity index (χ3v) is 3.81. The summed E-state index contributed by atoms with van der Waals surface area (Å²) in [7, 11) is 1.66. The zero-order valence-corrected chi connectivity index (χ0v) is 12.8. The first-order valence-electron chi connectivity index (χ1n) is 6.56. The second-order valence-electron chi connectivity index (χ2n) is 4.83. The van der Waals surface area contributed by atoms with Gasteiger partial charge in [0.25, 0.3) is 0 Å². The molecular formula is C14H20N4OS. The van der Waals surface area contributed by atoms with E-state index >= 15 is 0 Å². The Labute approximate surface area is 123 Å². The molecule has 108 valence electrons. The Morgan fingerprint density at radius 2 is 2.00 bits per heavy atom. The molecule has 2 rings (SSSR count). The first-order chi connectivity index (χ1) is 9.58. The van der Waals surface area contributed by atoms with E-state index in [9.17, 15) is 0 Å². The van der Waals surface area contributed by atoms with E-state index in [-0.39, 0.29) is 12.1 Å². The van der Waals surface area contributed by atoms with Crippen LogP contribution in [0.5, 0.6) is 5.75 Å². The summed E-state index contributed by atoms with van der Waals surface area (Å²) in [5, 5.41) is 4.08. The van der Waals surface area contributed by atoms with Gasteiger partial charge in [0.2, 0.25) is 5.13 Å². The Bertz CT molecular complexity index is 538. The van der Waals surface area contributed by atoms with Crippen LogP contribution in [0, 0.1) is 0 Å². The summed E-state index contributed by atoms with van der Waals surface area (Å²) in [6.45, 7) is 4.01. The van der Waals surface area contributed by atoms with Gasteiger partial charge in [-0.1, -0.05) is 12.1 Å². The Morgan fingerprint density at radius 1 is 1.30 bits per heavy atom. The minimum atomic E-state index is 0.0731. The predicted octanol–water partition coefficient (Wildman–Crippen LogP) is 2.29. The Morgan fingerprint density at radius 3 is 2.60 bits per heavy atom. The van der Waals surface area contributed by atoms with Gasteiger partial charge >= 0.3 is 0 Å². The smallest absolute Gasteiger partial charge is 0.202 e. The molecule has 0 saturated carbocycles. The van der Waals surface area contributed by atoms with Crippen LogP contribution in [0.15, 0.2) is 24.3 Å². The molecule has 0 aliphatic carbocycles. The summed E-state index contributed by atoms with van der Waals surface area (Å²) in [6.07, 6.45) is 0.717. The van der Waals surface area contributed by atoms with Gasteiger partial charge in [-0.2, -0.15) is 4.37 Å². The fourth-order valence-electron chi connectivity index (χ4n) is 1.64. The summed E-state index contributed by atoms with van der Waals surface area (Å²) >= 11 is 1.37. The van der Waals surface area contributed by atoms with E-state index in [1.165, 1.54) is 11.5 Å². The van der Waals surface area contributed by atoms with Gasteiger partial charge in [-0.05, 0) is 31.5 Å². The molecule has 0 aliphatic heterocycles. The lowest BCUT2D eigenvalue weighted by molar-refractivity contribution is 0.414. The van der Waals surface area contributed by atoms with E-state index in [0.717, 1.165) is 22.3 Å². The molecule has 0 bridgehead atoms. The van der Waals surface area contributed by atoms with Crippen molar-refractivity contribution in [1.82, 2.24) is 9.36 Å². The molecule has 3 N–H and O–H groups in total. The van der Waals surface area contributed by atoms with Crippen molar-refractivity contribution in [2.45, 2.75) is 32.4 Å². The number of benzene rings is 1. The molecule has 0 saturated heterocycles. The zero-order chi connectivity index (χ0) is 14.5. The zero-order valence-electron chi connectivity index (χ0n) is 12.0. The van der Waals surface area contributed by atoms with Gasteiger partial charge in [0, 0.05) is 30.0 Å². The maximum atomic E-state index is 5.82. The van der Waals surface area contributed by atoms with Gasteiger partial charge in [-0.15, -0.1) is 0 Å². The van der Waals surface area contributed by atoms with Crippen molar-refractivity contribution in [1.29, 1.82) is 0 Å². The summed E-state index contributed by atoms with van der Waals surface area (Å²) in [5.41, 5.74) is 6.99. The van der Waals surface area contributed by atoms with E-state index in [4.69, 9.17) is 10.5 Å². The van der Waals surface area contributed by atoms with Gasteiger partial charge < -0.3 is 15.8 Å². The molecular weight excluding hydrogens is 272 g/mol. The molecule has 2 aromatic rings. The van der Waals surface area contributed by atoms with Crippen LogP contribution in [0.25, 0.3) is 0 Å². The van der Waals surface area contributed by atoms with Gasteiger partial charge in [0.15, 0.2) is 0 Å². The largest absolute Gasteiger partial charge is 0.497 e. The molecule has 0 radical (unpaired) electrons. The number of nitrogens with one attached hydrogen (secondary N) is 1. The first kappa shape index (κ1) is 14.7. The van der Waals surface area contributed by atoms with Crippen LogP contribution in [0.4, 0.5) is 5.13 Å². The van der Waals surface area contributed by atoms with E-state index in [0.29, 0.717) is 6.42 Å². The first-order valence-corrected chi connectivity index (χ1v) is 7.33. The SMILES string of the molecule is COc1ccc(Cc2nsc(NC(C)C(C)N)n2)cc1. The molecule has 0 fully saturated rings. The average molecular weight is 292 g/mol. The highest BCUT2D eigenvalue weighted by molar-refractivity contribution is 7.09. The second kappa shape index (κ2) is 6.67. The van der Waals surface area contributed by atoms with Crippen LogP contribution in [0.3, 0.4) is 0 Å². The highest BCUT2D eigenvalue weighted by Gasteiger charge is 2.11. The van der Waals surface area contributed by atoms with Crippen LogP contribution in [0.2, 0.25) is 0 Å². The quantitative estimate of drug-likeness (QED) is 0.854. The van der Waals surface area contributed by atoms with E-state index < -0.39 is 0 Å². The fraction of sp³-hybridized carbons (Fsp3) is 0.429. The minimum absolute atomic E-state index is 0.0731. The standard InChI is InChI=1S/C14H20N4OS/c1-9(15)10(2)16-14-17-13(18-20-14)8-11-4-6-12(19-3)7-5-11/h4-7,9-10H,8,15H2,1-3H3,(H,16,17,18). The Hall–Kier alpha value is -1.66. The number of aromatic nitrogens is 2. The van der Waals surface area contributed by atoms with Crippen molar-refractivity contribution in [2.75, 3.05) is 12.4 Å². The van der Waals surface area contributed by atoms with Gasteiger partial charge in [0.1, 0.15) is 11.6 Å². The van der Waals surface area contributed by atoms with E-state index in [2.05, 4.69) is 14.7 Å². The summed E-state index contributed by atoms with van der Waals surface area (Å²) in [5.74, 6) is 1.67. The molecule has 2 unspecified atom stereocenters.